The molecule has 9 heteroatoms. The Balaban J connectivity index is 1.54. The molecule has 3 aromatic rings. The van der Waals surface area contributed by atoms with Gasteiger partial charge in [-0.25, -0.2) is 10.9 Å². The van der Waals surface area contributed by atoms with Crippen LogP contribution in [0.4, 0.5) is 0 Å². The largest absolute Gasteiger partial charge is 0.446 e. The Morgan fingerprint density at radius 2 is 1.32 bits per heavy atom. The summed E-state index contributed by atoms with van der Waals surface area (Å²) in [5, 5.41) is 15.2. The van der Waals surface area contributed by atoms with Crippen LogP contribution >= 0.6 is 22.7 Å². The number of hydrazone groups is 2. The molecule has 3 aromatic heterocycles. The minimum Gasteiger partial charge on any atom is -0.446 e. The van der Waals surface area contributed by atoms with Crippen LogP contribution in [-0.4, -0.2) is 24.2 Å². The molecule has 7 nitrogen and oxygen atoms in total. The molecule has 2 N–H and O–H groups in total. The molecule has 0 bridgehead atoms. The molecule has 3 heterocycles. The fourth-order valence-corrected chi connectivity index (χ4v) is 2.94. The number of furan rings is 1. The zero-order chi connectivity index (χ0) is 17.5. The maximum atomic E-state index is 11.9. The van der Waals surface area contributed by atoms with Crippen LogP contribution in [-0.2, 0) is 0 Å². The average molecular weight is 372 g/mol. The van der Waals surface area contributed by atoms with Crippen molar-refractivity contribution in [1.29, 1.82) is 0 Å². The van der Waals surface area contributed by atoms with Gasteiger partial charge in [-0.2, -0.15) is 32.9 Å². The summed E-state index contributed by atoms with van der Waals surface area (Å²) >= 11 is 3.06. The predicted octanol–water partition coefficient (Wildman–Crippen LogP) is 2.93. The van der Waals surface area contributed by atoms with E-state index in [4.69, 9.17) is 4.42 Å². The molecular formula is C16H12N4O3S2. The number of thiophene rings is 2. The smallest absolute Gasteiger partial charge is 0.307 e. The molecule has 0 aliphatic rings. The van der Waals surface area contributed by atoms with Crippen LogP contribution in [0.3, 0.4) is 0 Å². The predicted molar refractivity (Wildman–Crippen MR) is 97.5 cm³/mol. The summed E-state index contributed by atoms with van der Waals surface area (Å²) in [5.74, 6) is -1.14. The molecule has 0 aliphatic carbocycles. The fourth-order valence-electron chi connectivity index (χ4n) is 1.72. The second kappa shape index (κ2) is 8.18. The van der Waals surface area contributed by atoms with E-state index in [0.29, 0.717) is 0 Å². The third-order valence-electron chi connectivity index (χ3n) is 2.90. The van der Waals surface area contributed by atoms with Gasteiger partial charge < -0.3 is 4.42 Å². The summed E-state index contributed by atoms with van der Waals surface area (Å²) in [5.41, 5.74) is 6.43. The molecule has 2 amide bonds. The van der Waals surface area contributed by atoms with E-state index in [1.807, 2.05) is 33.7 Å². The molecule has 0 fully saturated rings. The Hall–Kier alpha value is -3.04. The zero-order valence-corrected chi connectivity index (χ0v) is 14.3. The van der Waals surface area contributed by atoms with Crippen LogP contribution in [0.15, 0.2) is 60.4 Å². The van der Waals surface area contributed by atoms with E-state index < -0.39 is 11.8 Å². The lowest BCUT2D eigenvalue weighted by Crippen LogP contribution is -2.18. The maximum absolute atomic E-state index is 11.9. The second-order valence-corrected chi connectivity index (χ2v) is 6.24. The minimum atomic E-state index is -0.549. The van der Waals surface area contributed by atoms with Gasteiger partial charge in [-0.1, -0.05) is 0 Å². The number of carbonyl (C=O) groups excluding carboxylic acids is 2. The van der Waals surface area contributed by atoms with Gasteiger partial charge in [-0.15, -0.1) is 0 Å². The molecule has 0 spiro atoms. The van der Waals surface area contributed by atoms with Crippen molar-refractivity contribution in [3.05, 3.63) is 68.4 Å². The van der Waals surface area contributed by atoms with E-state index in [2.05, 4.69) is 21.1 Å². The van der Waals surface area contributed by atoms with E-state index in [9.17, 15) is 9.59 Å². The molecule has 25 heavy (non-hydrogen) atoms. The summed E-state index contributed by atoms with van der Waals surface area (Å²) < 4.78 is 5.22. The van der Waals surface area contributed by atoms with Crippen LogP contribution < -0.4 is 10.9 Å². The first-order valence-corrected chi connectivity index (χ1v) is 8.92. The molecule has 0 radical (unpaired) electrons. The van der Waals surface area contributed by atoms with E-state index in [1.165, 1.54) is 47.2 Å². The molecule has 0 aromatic carbocycles. The van der Waals surface area contributed by atoms with Crippen molar-refractivity contribution >= 4 is 46.9 Å². The van der Waals surface area contributed by atoms with Crippen LogP contribution in [0, 0.1) is 0 Å². The van der Waals surface area contributed by atoms with E-state index in [-0.39, 0.29) is 11.5 Å². The Bertz CT molecular complexity index is 823. The van der Waals surface area contributed by atoms with Crippen molar-refractivity contribution in [3.63, 3.8) is 0 Å². The van der Waals surface area contributed by atoms with Crippen molar-refractivity contribution in [1.82, 2.24) is 10.9 Å². The van der Waals surface area contributed by atoms with Crippen molar-refractivity contribution in [2.24, 2.45) is 10.2 Å². The quantitative estimate of drug-likeness (QED) is 0.514. The lowest BCUT2D eigenvalue weighted by molar-refractivity contribution is 0.0902. The highest BCUT2D eigenvalue weighted by molar-refractivity contribution is 7.08. The SMILES string of the molecule is O=C(N/N=C/c1ccsc1)c1ccc(C(=O)N/N=C/c2ccsc2)o1. The number of hydrogen-bond donors (Lipinski definition) is 2. The molecule has 0 saturated carbocycles. The summed E-state index contributed by atoms with van der Waals surface area (Å²) in [6.07, 6.45) is 3.04. The van der Waals surface area contributed by atoms with Crippen LogP contribution in [0.25, 0.3) is 0 Å². The van der Waals surface area contributed by atoms with Crippen molar-refractivity contribution in [2.75, 3.05) is 0 Å². The van der Waals surface area contributed by atoms with E-state index >= 15 is 0 Å². The fraction of sp³-hybridized carbons (Fsp3) is 0. The van der Waals surface area contributed by atoms with Crippen molar-refractivity contribution < 1.29 is 14.0 Å². The average Bonchev–Trinajstić information content (AvgIpc) is 3.36. The highest BCUT2D eigenvalue weighted by atomic mass is 32.1. The first-order valence-electron chi connectivity index (χ1n) is 7.03. The van der Waals surface area contributed by atoms with Gasteiger partial charge in [0, 0.05) is 11.1 Å². The summed E-state index contributed by atoms with van der Waals surface area (Å²) in [7, 11) is 0. The number of hydrogen-bond acceptors (Lipinski definition) is 7. The van der Waals surface area contributed by atoms with Gasteiger partial charge in [-0.05, 0) is 45.8 Å². The molecular weight excluding hydrogens is 360 g/mol. The topological polar surface area (TPSA) is 96.1 Å². The molecule has 126 valence electrons. The standard InChI is InChI=1S/C16H12N4O3S2/c21-15(19-17-7-11-3-5-24-9-11)13-1-2-14(23-13)16(22)20-18-8-12-4-6-25-10-12/h1-10H,(H,19,21)(H,20,22)/b17-7+,18-8+. The summed E-state index contributed by atoms with van der Waals surface area (Å²) in [6, 6.07) is 6.53. The van der Waals surface area contributed by atoms with Crippen molar-refractivity contribution in [2.45, 2.75) is 0 Å². The molecule has 0 atom stereocenters. The lowest BCUT2D eigenvalue weighted by atomic mass is 10.4. The maximum Gasteiger partial charge on any atom is 0.307 e. The van der Waals surface area contributed by atoms with Crippen LogP contribution in [0.2, 0.25) is 0 Å². The number of nitrogens with zero attached hydrogens (tertiary/aromatic N) is 2. The van der Waals surface area contributed by atoms with Gasteiger partial charge >= 0.3 is 11.8 Å². The number of amides is 2. The number of carbonyl (C=O) groups is 2. The third kappa shape index (κ3) is 4.72. The monoisotopic (exact) mass is 372 g/mol. The number of rotatable bonds is 6. The Kier molecular flexibility index (Phi) is 5.50. The first-order chi connectivity index (χ1) is 12.2. The number of nitrogens with one attached hydrogen (secondary N) is 2. The molecule has 0 aliphatic heterocycles. The van der Waals surface area contributed by atoms with Gasteiger partial charge in [0.2, 0.25) is 0 Å². The van der Waals surface area contributed by atoms with Crippen molar-refractivity contribution in [3.8, 4) is 0 Å². The Labute approximate surface area is 150 Å². The highest BCUT2D eigenvalue weighted by Crippen LogP contribution is 2.08. The van der Waals surface area contributed by atoms with Gasteiger partial charge in [0.1, 0.15) is 0 Å². The van der Waals surface area contributed by atoms with Gasteiger partial charge in [0.25, 0.3) is 0 Å². The van der Waals surface area contributed by atoms with E-state index in [0.717, 1.165) is 11.1 Å². The van der Waals surface area contributed by atoms with Gasteiger partial charge in [0.15, 0.2) is 11.5 Å². The highest BCUT2D eigenvalue weighted by Gasteiger charge is 2.15. The molecule has 3 rings (SSSR count). The van der Waals surface area contributed by atoms with Gasteiger partial charge in [0.05, 0.1) is 12.4 Å². The molecule has 0 unspecified atom stereocenters. The van der Waals surface area contributed by atoms with Crippen LogP contribution in [0.1, 0.15) is 32.2 Å². The second-order valence-electron chi connectivity index (χ2n) is 4.68. The van der Waals surface area contributed by atoms with Gasteiger partial charge in [-0.3, -0.25) is 9.59 Å². The first kappa shape index (κ1) is 16.8. The third-order valence-corrected chi connectivity index (χ3v) is 4.30. The van der Waals surface area contributed by atoms with Crippen LogP contribution in [0.5, 0.6) is 0 Å². The Morgan fingerprint density at radius 3 is 1.72 bits per heavy atom. The summed E-state index contributed by atoms with van der Waals surface area (Å²) in [4.78, 5) is 23.8. The van der Waals surface area contributed by atoms with E-state index in [1.54, 1.807) is 0 Å². The minimum absolute atomic E-state index is 0.0190. The summed E-state index contributed by atoms with van der Waals surface area (Å²) in [6.45, 7) is 0. The molecule has 0 saturated heterocycles. The Morgan fingerprint density at radius 1 is 0.840 bits per heavy atom. The normalized spacial score (nSPS) is 11.2. The zero-order valence-electron chi connectivity index (χ0n) is 12.7. The lowest BCUT2D eigenvalue weighted by Gasteiger charge is -1.96.